The summed E-state index contributed by atoms with van der Waals surface area (Å²) in [6, 6.07) is 7.68. The van der Waals surface area contributed by atoms with Crippen molar-refractivity contribution in [3.05, 3.63) is 57.8 Å². The summed E-state index contributed by atoms with van der Waals surface area (Å²) < 4.78 is 5.09. The number of ether oxygens (including phenoxy) is 1. The smallest absolute Gasteiger partial charge is 0.436 e. The fourth-order valence-electron chi connectivity index (χ4n) is 3.16. The molecule has 3 rings (SSSR count). The van der Waals surface area contributed by atoms with Crippen LogP contribution in [0.25, 0.3) is 0 Å². The van der Waals surface area contributed by atoms with Crippen LogP contribution in [-0.4, -0.2) is 52.9 Å². The number of imide groups is 1. The zero-order valence-electron chi connectivity index (χ0n) is 17.5. The lowest BCUT2D eigenvalue weighted by molar-refractivity contribution is 0.0417. The van der Waals surface area contributed by atoms with Gasteiger partial charge < -0.3 is 9.64 Å². The van der Waals surface area contributed by atoms with Gasteiger partial charge in [0.1, 0.15) is 0 Å². The number of benzene rings is 1. The number of likely N-dealkylation sites (tertiary alicyclic amines) is 1. The van der Waals surface area contributed by atoms with E-state index in [0.717, 1.165) is 32.4 Å². The maximum Gasteiger partial charge on any atom is 0.436 e. The lowest BCUT2D eigenvalue weighted by Crippen LogP contribution is -2.50. The minimum absolute atomic E-state index is 0.0681. The summed E-state index contributed by atoms with van der Waals surface area (Å²) in [6.45, 7) is 4.76. The summed E-state index contributed by atoms with van der Waals surface area (Å²) >= 11 is 1.29. The number of thiophene rings is 1. The molecule has 1 fully saturated rings. The Balaban J connectivity index is 1.72. The van der Waals surface area contributed by atoms with Crippen LogP contribution in [0.4, 0.5) is 4.79 Å². The van der Waals surface area contributed by atoms with Crippen LogP contribution in [-0.2, 0) is 4.74 Å². The van der Waals surface area contributed by atoms with Crippen LogP contribution in [0.1, 0.15) is 64.2 Å². The zero-order valence-corrected chi connectivity index (χ0v) is 18.3. The van der Waals surface area contributed by atoms with Gasteiger partial charge in [0.05, 0.1) is 11.7 Å². The first-order chi connectivity index (χ1) is 14.9. The third kappa shape index (κ3) is 5.69. The number of rotatable bonds is 4. The molecule has 1 aliphatic heterocycles. The minimum Gasteiger partial charge on any atom is -0.445 e. The van der Waals surface area contributed by atoms with E-state index < -0.39 is 24.0 Å². The number of carbonyl (C=O) groups is 4. The van der Waals surface area contributed by atoms with Crippen molar-refractivity contribution in [1.29, 1.82) is 0 Å². The summed E-state index contributed by atoms with van der Waals surface area (Å²) in [5.41, 5.74) is 3.27. The highest BCUT2D eigenvalue weighted by Gasteiger charge is 2.28. The largest absolute Gasteiger partial charge is 0.445 e. The predicted octanol–water partition coefficient (Wildman–Crippen LogP) is 3.71. The molecule has 4 amide bonds. The fraction of sp³-hybridized carbons (Fsp3) is 0.364. The van der Waals surface area contributed by atoms with Gasteiger partial charge in [-0.25, -0.2) is 4.79 Å². The molecule has 0 spiro atoms. The van der Waals surface area contributed by atoms with E-state index in [-0.39, 0.29) is 17.0 Å². The number of nitrogens with one attached hydrogen (secondary N) is 1. The monoisotopic (exact) mass is 443 g/mol. The molecule has 2 heterocycles. The van der Waals surface area contributed by atoms with E-state index in [1.807, 2.05) is 4.90 Å². The minimum atomic E-state index is -0.976. The van der Waals surface area contributed by atoms with E-state index in [1.165, 1.54) is 23.5 Å². The summed E-state index contributed by atoms with van der Waals surface area (Å²) in [7, 11) is 0. The summed E-state index contributed by atoms with van der Waals surface area (Å²) in [5, 5.41) is 3.83. The van der Waals surface area contributed by atoms with E-state index in [1.54, 1.807) is 42.8 Å². The Hall–Kier alpha value is -3.20. The zero-order chi connectivity index (χ0) is 22.4. The molecule has 0 atom stereocenters. The molecule has 1 aromatic carbocycles. The van der Waals surface area contributed by atoms with Gasteiger partial charge >= 0.3 is 6.09 Å². The number of nitrogens with zero attached hydrogens (tertiary/aromatic N) is 2. The van der Waals surface area contributed by atoms with Crippen molar-refractivity contribution in [3.63, 3.8) is 0 Å². The molecule has 0 aliphatic carbocycles. The maximum absolute atomic E-state index is 12.7. The van der Waals surface area contributed by atoms with Gasteiger partial charge in [-0.05, 0) is 68.8 Å². The van der Waals surface area contributed by atoms with Gasteiger partial charge in [-0.15, -0.1) is 5.01 Å². The highest BCUT2D eigenvalue weighted by atomic mass is 32.1. The Bertz CT molecular complexity index is 935. The standard InChI is InChI=1S/C22H25N3O5S/c1-15(2)30-22(29)25(21(28)18-10-13-31-14-18)23-19(26)16-6-8-17(9-7-16)20(27)24-11-4-3-5-12-24/h6-10,13-15H,3-5,11-12H2,1-2H3,(H,23,26). The van der Waals surface area contributed by atoms with E-state index in [4.69, 9.17) is 4.74 Å². The Labute approximate surface area is 184 Å². The second-order valence-electron chi connectivity index (χ2n) is 7.46. The van der Waals surface area contributed by atoms with Gasteiger partial charge in [-0.3, -0.25) is 19.8 Å². The van der Waals surface area contributed by atoms with Crippen molar-refractivity contribution in [2.24, 2.45) is 0 Å². The number of hydrogen-bond donors (Lipinski definition) is 1. The van der Waals surface area contributed by atoms with Crippen LogP contribution in [0.15, 0.2) is 41.1 Å². The van der Waals surface area contributed by atoms with Crippen LogP contribution in [0.2, 0.25) is 0 Å². The Morgan fingerprint density at radius 1 is 0.968 bits per heavy atom. The van der Waals surface area contributed by atoms with Crippen molar-refractivity contribution >= 4 is 35.2 Å². The Morgan fingerprint density at radius 2 is 1.61 bits per heavy atom. The molecule has 0 saturated carbocycles. The Morgan fingerprint density at radius 3 is 2.19 bits per heavy atom. The summed E-state index contributed by atoms with van der Waals surface area (Å²) in [4.78, 5) is 52.2. The van der Waals surface area contributed by atoms with Crippen LogP contribution in [0.3, 0.4) is 0 Å². The first kappa shape index (κ1) is 22.5. The summed E-state index contributed by atoms with van der Waals surface area (Å²) in [5.74, 6) is -1.43. The van der Waals surface area contributed by atoms with Crippen LogP contribution in [0, 0.1) is 0 Å². The molecule has 164 valence electrons. The topological polar surface area (TPSA) is 96.0 Å². The second-order valence-corrected chi connectivity index (χ2v) is 8.24. The highest BCUT2D eigenvalue weighted by molar-refractivity contribution is 7.08. The van der Waals surface area contributed by atoms with Gasteiger partial charge in [0.25, 0.3) is 17.7 Å². The normalized spacial score (nSPS) is 13.6. The second kappa shape index (κ2) is 10.2. The molecule has 1 N–H and O–H groups in total. The molecule has 1 aliphatic rings. The molecule has 0 radical (unpaired) electrons. The molecule has 8 nitrogen and oxygen atoms in total. The van der Waals surface area contributed by atoms with Crippen molar-refractivity contribution in [2.45, 2.75) is 39.2 Å². The molecular formula is C22H25N3O5S. The molecular weight excluding hydrogens is 418 g/mol. The lowest BCUT2D eigenvalue weighted by atomic mass is 10.1. The highest BCUT2D eigenvalue weighted by Crippen LogP contribution is 2.15. The van der Waals surface area contributed by atoms with Gasteiger partial charge in [0, 0.05) is 29.6 Å². The van der Waals surface area contributed by atoms with Crippen molar-refractivity contribution in [2.75, 3.05) is 13.1 Å². The van der Waals surface area contributed by atoms with Crippen molar-refractivity contribution < 1.29 is 23.9 Å². The van der Waals surface area contributed by atoms with E-state index in [9.17, 15) is 19.2 Å². The molecule has 0 bridgehead atoms. The van der Waals surface area contributed by atoms with Gasteiger partial charge in [-0.1, -0.05) is 0 Å². The maximum atomic E-state index is 12.7. The van der Waals surface area contributed by atoms with Gasteiger partial charge in [0.15, 0.2) is 0 Å². The third-order valence-corrected chi connectivity index (χ3v) is 5.42. The van der Waals surface area contributed by atoms with E-state index >= 15 is 0 Å². The first-order valence-corrected chi connectivity index (χ1v) is 11.1. The molecule has 1 saturated heterocycles. The number of amides is 4. The summed E-state index contributed by atoms with van der Waals surface area (Å²) in [6.07, 6.45) is 1.67. The van der Waals surface area contributed by atoms with Crippen LogP contribution in [0.5, 0.6) is 0 Å². The molecule has 2 aromatic rings. The lowest BCUT2D eigenvalue weighted by Gasteiger charge is -2.26. The molecule has 0 unspecified atom stereocenters. The van der Waals surface area contributed by atoms with Crippen molar-refractivity contribution in [1.82, 2.24) is 15.3 Å². The number of hydrogen-bond acceptors (Lipinski definition) is 6. The molecule has 1 aromatic heterocycles. The number of hydrazine groups is 1. The van der Waals surface area contributed by atoms with Gasteiger partial charge in [0.2, 0.25) is 0 Å². The van der Waals surface area contributed by atoms with Gasteiger partial charge in [-0.2, -0.15) is 11.3 Å². The number of piperidine rings is 1. The SMILES string of the molecule is CC(C)OC(=O)N(NC(=O)c1ccc(C(=O)N2CCCCC2)cc1)C(=O)c1ccsc1. The Kier molecular flexibility index (Phi) is 7.41. The van der Waals surface area contributed by atoms with Crippen molar-refractivity contribution in [3.8, 4) is 0 Å². The van der Waals surface area contributed by atoms with E-state index in [2.05, 4.69) is 5.43 Å². The third-order valence-electron chi connectivity index (χ3n) is 4.74. The molecule has 31 heavy (non-hydrogen) atoms. The van der Waals surface area contributed by atoms with Crippen LogP contribution >= 0.6 is 11.3 Å². The van der Waals surface area contributed by atoms with E-state index in [0.29, 0.717) is 10.6 Å². The fourth-order valence-corrected chi connectivity index (χ4v) is 3.79. The predicted molar refractivity (Wildman–Crippen MR) is 116 cm³/mol. The average molecular weight is 444 g/mol. The molecule has 9 heteroatoms. The quantitative estimate of drug-likeness (QED) is 0.727. The average Bonchev–Trinajstić information content (AvgIpc) is 3.31. The number of carbonyl (C=O) groups excluding carboxylic acids is 4. The first-order valence-electron chi connectivity index (χ1n) is 10.1. The van der Waals surface area contributed by atoms with Crippen LogP contribution < -0.4 is 5.43 Å².